The Balaban J connectivity index is 1.48. The number of hydrogen-bond donors (Lipinski definition) is 2. The van der Waals surface area contributed by atoms with E-state index in [4.69, 9.17) is 0 Å². The number of anilines is 1. The van der Waals surface area contributed by atoms with Gasteiger partial charge in [0.15, 0.2) is 21.7 Å². The molecule has 1 saturated heterocycles. The molecular formula is C24H23F3N5OS+. The van der Waals surface area contributed by atoms with E-state index in [9.17, 15) is 17.7 Å². The van der Waals surface area contributed by atoms with E-state index < -0.39 is 22.9 Å². The maximum absolute atomic E-state index is 13.4. The van der Waals surface area contributed by atoms with Crippen LogP contribution < -0.4 is 10.2 Å². The number of fused-ring (bicyclic) bond motifs is 1. The Morgan fingerprint density at radius 2 is 1.71 bits per heavy atom. The molecule has 2 aromatic carbocycles. The van der Waals surface area contributed by atoms with Gasteiger partial charge < -0.3 is 10.2 Å². The van der Waals surface area contributed by atoms with E-state index in [1.165, 1.54) is 18.1 Å². The van der Waals surface area contributed by atoms with Gasteiger partial charge in [0.1, 0.15) is 6.26 Å². The predicted molar refractivity (Wildman–Crippen MR) is 128 cm³/mol. The second kappa shape index (κ2) is 8.94. The predicted octanol–water partition coefficient (Wildman–Crippen LogP) is 4.57. The number of aromatic nitrogens is 3. The molecule has 6 nitrogen and oxygen atoms in total. The SMILES string of the molecule is C[S+](O)c1cc(-c2cnn3cc(-c4ccc(N5CCNCC5)cc4)cnc23)cc(C(F)(F)F)c1. The Morgan fingerprint density at radius 3 is 2.38 bits per heavy atom. The lowest BCUT2D eigenvalue weighted by atomic mass is 10.0. The van der Waals surface area contributed by atoms with Crippen LogP contribution >= 0.6 is 0 Å². The van der Waals surface area contributed by atoms with Crippen molar-refractivity contribution in [3.05, 3.63) is 66.6 Å². The normalized spacial score (nSPS) is 15.6. The van der Waals surface area contributed by atoms with Gasteiger partial charge in [0.25, 0.3) is 0 Å². The largest absolute Gasteiger partial charge is 0.416 e. The number of halogens is 3. The third-order valence-corrected chi connectivity index (χ3v) is 6.84. The van der Waals surface area contributed by atoms with Crippen LogP contribution in [0.2, 0.25) is 0 Å². The fourth-order valence-electron chi connectivity index (χ4n) is 4.10. The van der Waals surface area contributed by atoms with Crippen LogP contribution in [0.5, 0.6) is 0 Å². The molecule has 1 unspecified atom stereocenters. The quantitative estimate of drug-likeness (QED) is 0.414. The highest BCUT2D eigenvalue weighted by Gasteiger charge is 2.33. The molecule has 0 spiro atoms. The average molecular weight is 487 g/mol. The Labute approximate surface area is 197 Å². The van der Waals surface area contributed by atoms with Crippen molar-refractivity contribution in [2.45, 2.75) is 11.1 Å². The molecule has 3 heterocycles. The Kier molecular flexibility index (Phi) is 5.97. The van der Waals surface area contributed by atoms with Gasteiger partial charge in [0, 0.05) is 67.5 Å². The van der Waals surface area contributed by atoms with Gasteiger partial charge >= 0.3 is 6.18 Å². The summed E-state index contributed by atoms with van der Waals surface area (Å²) in [5, 5.41) is 7.68. The van der Waals surface area contributed by atoms with E-state index >= 15 is 0 Å². The van der Waals surface area contributed by atoms with Gasteiger partial charge in [-0.3, -0.25) is 0 Å². The molecule has 1 atom stereocenters. The highest BCUT2D eigenvalue weighted by atomic mass is 32.2. The monoisotopic (exact) mass is 486 g/mol. The minimum absolute atomic E-state index is 0.213. The molecule has 0 amide bonds. The van der Waals surface area contributed by atoms with Crippen LogP contribution in [0.1, 0.15) is 5.56 Å². The van der Waals surface area contributed by atoms with Crippen LogP contribution in [0.3, 0.4) is 0 Å². The smallest absolute Gasteiger partial charge is 0.369 e. The molecule has 1 fully saturated rings. The van der Waals surface area contributed by atoms with Gasteiger partial charge in [-0.15, -0.1) is 0 Å². The summed E-state index contributed by atoms with van der Waals surface area (Å²) in [4.78, 5) is 7.06. The summed E-state index contributed by atoms with van der Waals surface area (Å²) in [6, 6.07) is 11.8. The third-order valence-electron chi connectivity index (χ3n) is 5.93. The summed E-state index contributed by atoms with van der Waals surface area (Å²) in [7, 11) is 0. The van der Waals surface area contributed by atoms with Gasteiger partial charge in [0.05, 0.1) is 11.8 Å². The summed E-state index contributed by atoms with van der Waals surface area (Å²) < 4.78 is 51.8. The van der Waals surface area contributed by atoms with Crippen LogP contribution in [0.4, 0.5) is 18.9 Å². The number of hydrogen-bond acceptors (Lipinski definition) is 5. The number of benzene rings is 2. The Hall–Kier alpha value is -3.08. The van der Waals surface area contributed by atoms with Crippen molar-refractivity contribution < 1.29 is 17.7 Å². The first kappa shape index (κ1) is 22.7. The lowest BCUT2D eigenvalue weighted by molar-refractivity contribution is -0.137. The van der Waals surface area contributed by atoms with Gasteiger partial charge in [0.2, 0.25) is 0 Å². The molecule has 34 heavy (non-hydrogen) atoms. The fourth-order valence-corrected chi connectivity index (χ4v) is 4.70. The molecule has 0 radical (unpaired) electrons. The summed E-state index contributed by atoms with van der Waals surface area (Å²) in [5.41, 5.74) is 3.41. The van der Waals surface area contributed by atoms with Gasteiger partial charge in [-0.2, -0.15) is 22.8 Å². The second-order valence-electron chi connectivity index (χ2n) is 8.17. The molecule has 10 heteroatoms. The number of rotatable bonds is 4. The van der Waals surface area contributed by atoms with Crippen molar-refractivity contribution in [2.24, 2.45) is 0 Å². The van der Waals surface area contributed by atoms with E-state index in [1.54, 1.807) is 16.8 Å². The first-order chi connectivity index (χ1) is 16.3. The molecular weight excluding hydrogens is 463 g/mol. The van der Waals surface area contributed by atoms with E-state index in [0.29, 0.717) is 16.8 Å². The zero-order chi connectivity index (χ0) is 23.9. The molecule has 2 aromatic heterocycles. The van der Waals surface area contributed by atoms with Crippen LogP contribution in [0, 0.1) is 0 Å². The maximum Gasteiger partial charge on any atom is 0.416 e. The highest BCUT2D eigenvalue weighted by molar-refractivity contribution is 7.90. The summed E-state index contributed by atoms with van der Waals surface area (Å²) in [6.07, 6.45) is 1.96. The molecule has 0 aliphatic carbocycles. The van der Waals surface area contributed by atoms with Crippen molar-refractivity contribution in [2.75, 3.05) is 37.3 Å². The number of piperazine rings is 1. The molecule has 0 bridgehead atoms. The van der Waals surface area contributed by atoms with E-state index in [-0.39, 0.29) is 4.90 Å². The van der Waals surface area contributed by atoms with Crippen molar-refractivity contribution in [1.82, 2.24) is 19.9 Å². The average Bonchev–Trinajstić information content (AvgIpc) is 3.27. The van der Waals surface area contributed by atoms with E-state index in [2.05, 4.69) is 32.4 Å². The minimum atomic E-state index is -4.52. The summed E-state index contributed by atoms with van der Waals surface area (Å²) in [5.74, 6) is 0. The fraction of sp³-hybridized carbons (Fsp3) is 0.250. The van der Waals surface area contributed by atoms with Crippen LogP contribution in [-0.2, 0) is 17.4 Å². The summed E-state index contributed by atoms with van der Waals surface area (Å²) in [6.45, 7) is 3.87. The number of nitrogens with one attached hydrogen (secondary N) is 1. The summed E-state index contributed by atoms with van der Waals surface area (Å²) >= 11 is -1.32. The maximum atomic E-state index is 13.4. The zero-order valence-corrected chi connectivity index (χ0v) is 19.2. The van der Waals surface area contributed by atoms with E-state index in [1.807, 2.05) is 18.3 Å². The van der Waals surface area contributed by atoms with Crippen LogP contribution in [0.15, 0.2) is 66.0 Å². The topological polar surface area (TPSA) is 65.7 Å². The number of nitrogens with zero attached hydrogens (tertiary/aromatic N) is 4. The Morgan fingerprint density at radius 1 is 0.971 bits per heavy atom. The molecule has 1 aliphatic rings. The second-order valence-corrected chi connectivity index (χ2v) is 9.60. The minimum Gasteiger partial charge on any atom is -0.369 e. The molecule has 176 valence electrons. The molecule has 0 saturated carbocycles. The molecule has 5 rings (SSSR count). The standard InChI is InChI=1S/C24H23F3N5OS/c1-34(33)21-11-17(10-19(12-21)24(25,26)27)22-14-30-32-15-18(13-29-23(22)32)16-2-4-20(5-3-16)31-8-6-28-7-9-31/h2-5,10-15,28,33H,6-9H2,1H3/q+1. The van der Waals surface area contributed by atoms with Gasteiger partial charge in [-0.05, 0) is 29.3 Å². The molecule has 4 aromatic rings. The lowest BCUT2D eigenvalue weighted by Gasteiger charge is -2.29. The van der Waals surface area contributed by atoms with Crippen molar-refractivity contribution in [3.63, 3.8) is 0 Å². The highest BCUT2D eigenvalue weighted by Crippen LogP contribution is 2.36. The van der Waals surface area contributed by atoms with Crippen molar-refractivity contribution in [3.8, 4) is 22.3 Å². The van der Waals surface area contributed by atoms with Crippen molar-refractivity contribution in [1.29, 1.82) is 0 Å². The molecule has 2 N–H and O–H groups in total. The first-order valence-electron chi connectivity index (χ1n) is 10.8. The van der Waals surface area contributed by atoms with Gasteiger partial charge in [-0.25, -0.2) is 9.50 Å². The van der Waals surface area contributed by atoms with Crippen molar-refractivity contribution >= 4 is 22.5 Å². The van der Waals surface area contributed by atoms with Crippen LogP contribution in [-0.4, -0.2) is 51.6 Å². The van der Waals surface area contributed by atoms with E-state index in [0.717, 1.165) is 49.4 Å². The first-order valence-corrected chi connectivity index (χ1v) is 12.4. The van der Waals surface area contributed by atoms with Gasteiger partial charge in [-0.1, -0.05) is 12.1 Å². The Bertz CT molecular complexity index is 1310. The zero-order valence-electron chi connectivity index (χ0n) is 18.4. The lowest BCUT2D eigenvalue weighted by Crippen LogP contribution is -2.43. The number of alkyl halides is 3. The van der Waals surface area contributed by atoms with Crippen LogP contribution in [0.25, 0.3) is 27.9 Å². The third kappa shape index (κ3) is 4.48. The molecule has 1 aliphatic heterocycles.